The van der Waals surface area contributed by atoms with Gasteiger partial charge in [-0.1, -0.05) is 23.5 Å². The van der Waals surface area contributed by atoms with E-state index < -0.39 is 21.9 Å². The Balaban J connectivity index is 2.23. The highest BCUT2D eigenvalue weighted by molar-refractivity contribution is 8.39. The Morgan fingerprint density at radius 3 is 2.67 bits per heavy atom. The first-order chi connectivity index (χ1) is 8.41. The fourth-order valence-electron chi connectivity index (χ4n) is 1.12. The Labute approximate surface area is 112 Å². The van der Waals surface area contributed by atoms with Gasteiger partial charge in [-0.3, -0.25) is 0 Å². The molecule has 1 rings (SSSR count). The van der Waals surface area contributed by atoms with Crippen LogP contribution in [0.15, 0.2) is 16.3 Å². The van der Waals surface area contributed by atoms with Crippen molar-refractivity contribution in [3.8, 4) is 0 Å². The standard InChI is InChI=1S/C9H12F3NO2S3/c10-7(8(11)12)3-1-2-4-16-9-13-18(14,15)6-5-17-9/h1-6H2. The molecule has 0 radical (unpaired) electrons. The van der Waals surface area contributed by atoms with Crippen LogP contribution in [0.3, 0.4) is 0 Å². The minimum atomic E-state index is -3.32. The van der Waals surface area contributed by atoms with Gasteiger partial charge in [-0.05, 0) is 12.8 Å². The van der Waals surface area contributed by atoms with Crippen molar-refractivity contribution in [3.05, 3.63) is 11.9 Å². The molecule has 1 aliphatic rings. The zero-order valence-electron chi connectivity index (χ0n) is 9.36. The van der Waals surface area contributed by atoms with Crippen LogP contribution in [0.4, 0.5) is 13.2 Å². The highest BCUT2D eigenvalue weighted by Crippen LogP contribution is 2.25. The van der Waals surface area contributed by atoms with Crippen LogP contribution in [0.25, 0.3) is 0 Å². The lowest BCUT2D eigenvalue weighted by Gasteiger charge is -2.10. The molecule has 0 N–H and O–H groups in total. The minimum absolute atomic E-state index is 0.0491. The number of thioether (sulfide) groups is 2. The monoisotopic (exact) mass is 319 g/mol. The lowest BCUT2D eigenvalue weighted by atomic mass is 10.2. The van der Waals surface area contributed by atoms with Gasteiger partial charge in [0.15, 0.2) is 5.83 Å². The number of nitrogens with zero attached hydrogens (tertiary/aromatic N) is 1. The number of hydrogen-bond donors (Lipinski definition) is 0. The largest absolute Gasteiger partial charge is 0.301 e. The molecular weight excluding hydrogens is 307 g/mol. The van der Waals surface area contributed by atoms with Gasteiger partial charge in [-0.25, -0.2) is 12.8 Å². The average Bonchev–Trinajstić information content (AvgIpc) is 2.26. The molecule has 0 atom stereocenters. The van der Waals surface area contributed by atoms with E-state index in [4.69, 9.17) is 0 Å². The van der Waals surface area contributed by atoms with Crippen LogP contribution < -0.4 is 0 Å². The summed E-state index contributed by atoms with van der Waals surface area (Å²) in [5.41, 5.74) is 0. The van der Waals surface area contributed by atoms with Gasteiger partial charge in [0, 0.05) is 17.9 Å². The van der Waals surface area contributed by atoms with E-state index in [1.807, 2.05) is 0 Å². The SMILES string of the molecule is O=S1(=O)CCSC(SCCCCC(F)=C(F)F)=N1. The maximum Gasteiger partial charge on any atom is 0.301 e. The molecule has 9 heteroatoms. The van der Waals surface area contributed by atoms with E-state index in [-0.39, 0.29) is 12.2 Å². The van der Waals surface area contributed by atoms with Crippen LogP contribution >= 0.6 is 23.5 Å². The van der Waals surface area contributed by atoms with E-state index in [9.17, 15) is 21.6 Å². The van der Waals surface area contributed by atoms with E-state index in [2.05, 4.69) is 4.40 Å². The van der Waals surface area contributed by atoms with Crippen LogP contribution in [-0.4, -0.2) is 30.1 Å². The Hall–Kier alpha value is -0.150. The number of rotatable bonds is 5. The Bertz CT molecular complexity index is 444. The number of allylic oxidation sites excluding steroid dienone is 1. The van der Waals surface area contributed by atoms with E-state index in [1.54, 1.807) is 0 Å². The fourth-order valence-corrected chi connectivity index (χ4v) is 5.25. The summed E-state index contributed by atoms with van der Waals surface area (Å²) in [6.07, 6.45) is -1.70. The van der Waals surface area contributed by atoms with Crippen molar-refractivity contribution in [2.75, 3.05) is 17.3 Å². The average molecular weight is 319 g/mol. The summed E-state index contributed by atoms with van der Waals surface area (Å²) in [5, 5.41) is 0. The van der Waals surface area contributed by atoms with Gasteiger partial charge < -0.3 is 0 Å². The van der Waals surface area contributed by atoms with Gasteiger partial charge in [0.1, 0.15) is 4.38 Å². The lowest BCUT2D eigenvalue weighted by Crippen LogP contribution is -2.13. The minimum Gasteiger partial charge on any atom is -0.206 e. The Kier molecular flexibility index (Phi) is 6.58. The van der Waals surface area contributed by atoms with Crippen LogP contribution in [-0.2, 0) is 10.0 Å². The third kappa shape index (κ3) is 6.14. The van der Waals surface area contributed by atoms with Gasteiger partial charge in [-0.15, -0.1) is 4.40 Å². The zero-order valence-corrected chi connectivity index (χ0v) is 11.8. The van der Waals surface area contributed by atoms with Crippen LogP contribution in [0, 0.1) is 0 Å². The maximum absolute atomic E-state index is 12.4. The molecule has 0 unspecified atom stereocenters. The first-order valence-electron chi connectivity index (χ1n) is 5.18. The van der Waals surface area contributed by atoms with Crippen molar-refractivity contribution >= 4 is 37.9 Å². The molecule has 18 heavy (non-hydrogen) atoms. The third-order valence-corrected chi connectivity index (χ3v) is 5.96. The highest BCUT2D eigenvalue weighted by Gasteiger charge is 2.17. The predicted octanol–water partition coefficient (Wildman–Crippen LogP) is 3.40. The van der Waals surface area contributed by atoms with E-state index >= 15 is 0 Å². The molecule has 0 aromatic heterocycles. The maximum atomic E-state index is 12.4. The summed E-state index contributed by atoms with van der Waals surface area (Å²) in [6, 6.07) is 0. The molecule has 1 heterocycles. The molecule has 0 aromatic rings. The van der Waals surface area contributed by atoms with E-state index in [0.29, 0.717) is 28.7 Å². The molecule has 0 fully saturated rings. The van der Waals surface area contributed by atoms with Crippen molar-refractivity contribution < 1.29 is 21.6 Å². The number of hydrogen-bond acceptors (Lipinski definition) is 4. The second-order valence-electron chi connectivity index (χ2n) is 3.46. The van der Waals surface area contributed by atoms with Crippen LogP contribution in [0.2, 0.25) is 0 Å². The molecule has 0 amide bonds. The summed E-state index contributed by atoms with van der Waals surface area (Å²) in [6.45, 7) is 0. The van der Waals surface area contributed by atoms with Gasteiger partial charge in [-0.2, -0.15) is 8.78 Å². The summed E-state index contributed by atoms with van der Waals surface area (Å²) in [7, 11) is -3.32. The van der Waals surface area contributed by atoms with Crippen molar-refractivity contribution in [1.82, 2.24) is 0 Å². The molecule has 0 aliphatic carbocycles. The van der Waals surface area contributed by atoms with Gasteiger partial charge in [0.05, 0.1) is 5.75 Å². The van der Waals surface area contributed by atoms with Gasteiger partial charge in [0.25, 0.3) is 10.0 Å². The predicted molar refractivity (Wildman–Crippen MR) is 70.3 cm³/mol. The summed E-state index contributed by atoms with van der Waals surface area (Å²) < 4.78 is 62.3. The van der Waals surface area contributed by atoms with E-state index in [1.165, 1.54) is 23.5 Å². The normalized spacial score (nSPS) is 18.3. The van der Waals surface area contributed by atoms with Gasteiger partial charge in [0.2, 0.25) is 0 Å². The molecule has 0 spiro atoms. The topological polar surface area (TPSA) is 46.5 Å². The van der Waals surface area contributed by atoms with Crippen molar-refractivity contribution in [2.45, 2.75) is 19.3 Å². The van der Waals surface area contributed by atoms with Gasteiger partial charge >= 0.3 is 6.08 Å². The van der Waals surface area contributed by atoms with Crippen LogP contribution in [0.1, 0.15) is 19.3 Å². The number of unbranched alkanes of at least 4 members (excludes halogenated alkanes) is 1. The summed E-state index contributed by atoms with van der Waals surface area (Å²) >= 11 is 2.63. The Morgan fingerprint density at radius 2 is 2.06 bits per heavy atom. The Morgan fingerprint density at radius 1 is 1.33 bits per heavy atom. The third-order valence-electron chi connectivity index (χ3n) is 2.00. The molecule has 3 nitrogen and oxygen atoms in total. The quantitative estimate of drug-likeness (QED) is 0.729. The summed E-state index contributed by atoms with van der Waals surface area (Å²) in [5.74, 6) is -0.291. The summed E-state index contributed by atoms with van der Waals surface area (Å²) in [4.78, 5) is 0. The zero-order chi connectivity index (χ0) is 13.6. The van der Waals surface area contributed by atoms with Crippen LogP contribution in [0.5, 0.6) is 0 Å². The molecule has 0 bridgehead atoms. The second-order valence-corrected chi connectivity index (χ2v) is 7.64. The number of halogens is 3. The van der Waals surface area contributed by atoms with Crippen molar-refractivity contribution in [1.29, 1.82) is 0 Å². The molecule has 0 saturated heterocycles. The molecule has 1 aliphatic heterocycles. The number of sulfonamides is 1. The van der Waals surface area contributed by atoms with Crippen molar-refractivity contribution in [2.24, 2.45) is 4.40 Å². The molecular formula is C9H12F3NO2S3. The molecule has 0 saturated carbocycles. The fraction of sp³-hybridized carbons (Fsp3) is 0.667. The van der Waals surface area contributed by atoms with E-state index in [0.717, 1.165) is 0 Å². The molecule has 0 aromatic carbocycles. The first-order valence-corrected chi connectivity index (χ1v) is 8.76. The second kappa shape index (κ2) is 7.44. The smallest absolute Gasteiger partial charge is 0.206 e. The van der Waals surface area contributed by atoms with Crippen molar-refractivity contribution in [3.63, 3.8) is 0 Å². The molecule has 104 valence electrons. The lowest BCUT2D eigenvalue weighted by molar-refractivity contribution is 0.368. The first kappa shape index (κ1) is 15.9. The highest BCUT2D eigenvalue weighted by atomic mass is 32.2.